The maximum atomic E-state index is 4.40. The van der Waals surface area contributed by atoms with Crippen LogP contribution in [0.3, 0.4) is 0 Å². The van der Waals surface area contributed by atoms with E-state index in [0.29, 0.717) is 0 Å². The molecule has 5 nitrogen and oxygen atoms in total. The Hall–Kier alpha value is -2.30. The van der Waals surface area contributed by atoms with E-state index in [0.717, 1.165) is 22.9 Å². The number of hydrogen-bond donors (Lipinski definition) is 0. The number of aromatic nitrogens is 3. The Morgan fingerprint density at radius 1 is 1.00 bits per heavy atom. The second-order valence-corrected chi connectivity index (χ2v) is 4.54. The van der Waals surface area contributed by atoms with E-state index in [1.165, 1.54) is 0 Å². The zero-order valence-corrected chi connectivity index (χ0v) is 13.8. The molecular weight excluding hydrogens is 454 g/mol. The van der Waals surface area contributed by atoms with Crippen molar-refractivity contribution in [1.82, 2.24) is 15.0 Å². The van der Waals surface area contributed by atoms with Gasteiger partial charge in [0.2, 0.25) is 0 Å². The van der Waals surface area contributed by atoms with Crippen molar-refractivity contribution < 1.29 is 20.1 Å². The van der Waals surface area contributed by atoms with Crippen LogP contribution in [-0.2, 0) is 20.1 Å². The van der Waals surface area contributed by atoms with Crippen LogP contribution >= 0.6 is 0 Å². The topological polar surface area (TPSA) is 45.2 Å². The number of rotatable bonds is 2. The first-order valence-electron chi connectivity index (χ1n) is 6.54. The van der Waals surface area contributed by atoms with Crippen LogP contribution in [0.4, 0.5) is 22.9 Å². The van der Waals surface area contributed by atoms with Gasteiger partial charge in [0.05, 0.1) is 11.9 Å². The van der Waals surface area contributed by atoms with Crippen molar-refractivity contribution in [1.29, 1.82) is 0 Å². The second-order valence-electron chi connectivity index (χ2n) is 4.54. The average Bonchev–Trinajstić information content (AvgIpc) is 2.96. The molecule has 1 aromatic carbocycles. The molecule has 0 spiro atoms. The smallest absolute Gasteiger partial charge is 0.129 e. The van der Waals surface area contributed by atoms with Crippen LogP contribution < -0.4 is 9.80 Å². The second kappa shape index (κ2) is 6.22. The predicted molar refractivity (Wildman–Crippen MR) is 80.1 cm³/mol. The molecule has 0 unspecified atom stereocenters. The molecule has 0 aliphatic carbocycles. The third-order valence-electron chi connectivity index (χ3n) is 3.28. The van der Waals surface area contributed by atoms with E-state index in [4.69, 9.17) is 0 Å². The molecule has 3 aromatic rings. The molecule has 0 saturated heterocycles. The van der Waals surface area contributed by atoms with Crippen molar-refractivity contribution in [3.05, 3.63) is 74.1 Å². The van der Waals surface area contributed by atoms with Crippen molar-refractivity contribution in [3.63, 3.8) is 0 Å². The minimum Gasteiger partial charge on any atom is -0.491 e. The van der Waals surface area contributed by atoms with Gasteiger partial charge in [-0.2, -0.15) is 30.3 Å². The number of fused-ring (bicyclic) bond motifs is 1. The number of benzene rings is 1. The standard InChI is InChI=1S/C16H11N5.Ir/c1-2-4-13(5-3-1)20-12-21(14-6-8-17-9-7-14)16-15(20)10-18-11-19-16;/h1-4,6-12H;/q-2;. The summed E-state index contributed by atoms with van der Waals surface area (Å²) in [6.07, 6.45) is 6.89. The van der Waals surface area contributed by atoms with E-state index in [9.17, 15) is 0 Å². The molecule has 111 valence electrons. The van der Waals surface area contributed by atoms with Crippen molar-refractivity contribution in [3.8, 4) is 0 Å². The molecule has 0 N–H and O–H groups in total. The van der Waals surface area contributed by atoms with Gasteiger partial charge in [-0.3, -0.25) is 4.98 Å². The quantitative estimate of drug-likeness (QED) is 0.545. The van der Waals surface area contributed by atoms with Gasteiger partial charge in [0, 0.05) is 38.2 Å². The third-order valence-corrected chi connectivity index (χ3v) is 3.28. The number of anilines is 4. The molecule has 0 atom stereocenters. The summed E-state index contributed by atoms with van der Waals surface area (Å²) < 4.78 is 0. The Labute approximate surface area is 142 Å². The Morgan fingerprint density at radius 2 is 1.86 bits per heavy atom. The molecule has 1 aliphatic rings. The van der Waals surface area contributed by atoms with Crippen molar-refractivity contribution in [2.75, 3.05) is 9.80 Å². The van der Waals surface area contributed by atoms with Gasteiger partial charge in [-0.05, 0) is 12.1 Å². The summed E-state index contributed by atoms with van der Waals surface area (Å²) in [5.74, 6) is 0.841. The van der Waals surface area contributed by atoms with Crippen LogP contribution in [0.25, 0.3) is 0 Å². The average molecular weight is 466 g/mol. The van der Waals surface area contributed by atoms with Gasteiger partial charge in [-0.1, -0.05) is 0 Å². The van der Waals surface area contributed by atoms with Crippen LogP contribution in [0.5, 0.6) is 0 Å². The molecule has 0 bridgehead atoms. The number of nitrogens with zero attached hydrogens (tertiary/aromatic N) is 5. The maximum Gasteiger partial charge on any atom is 0.129 e. The molecule has 22 heavy (non-hydrogen) atoms. The zero-order valence-electron chi connectivity index (χ0n) is 11.4. The Kier molecular flexibility index (Phi) is 4.13. The Morgan fingerprint density at radius 3 is 2.64 bits per heavy atom. The first kappa shape index (κ1) is 14.6. The number of hydrogen-bond acceptors (Lipinski definition) is 5. The van der Waals surface area contributed by atoms with Crippen molar-refractivity contribution >= 4 is 22.9 Å². The number of pyridine rings is 1. The third kappa shape index (κ3) is 2.47. The van der Waals surface area contributed by atoms with Crippen LogP contribution in [0.1, 0.15) is 0 Å². The molecule has 3 heterocycles. The largest absolute Gasteiger partial charge is 0.491 e. The molecule has 0 saturated carbocycles. The summed E-state index contributed by atoms with van der Waals surface area (Å²) in [7, 11) is 0. The van der Waals surface area contributed by atoms with Gasteiger partial charge in [-0.25, -0.2) is 9.97 Å². The number of para-hydroxylation sites is 1. The monoisotopic (exact) mass is 466 g/mol. The first-order valence-corrected chi connectivity index (χ1v) is 6.54. The summed E-state index contributed by atoms with van der Waals surface area (Å²) in [5, 5.41) is 0. The summed E-state index contributed by atoms with van der Waals surface area (Å²) in [4.78, 5) is 16.6. The van der Waals surface area contributed by atoms with E-state index in [1.54, 1.807) is 24.9 Å². The van der Waals surface area contributed by atoms with Crippen LogP contribution in [0, 0.1) is 12.7 Å². The molecule has 0 amide bonds. The Balaban J connectivity index is 0.00000144. The van der Waals surface area contributed by atoms with Crippen LogP contribution in [0.15, 0.2) is 61.3 Å². The molecule has 6 heteroatoms. The molecular formula is C16H11IrN5-2. The van der Waals surface area contributed by atoms with Gasteiger partial charge >= 0.3 is 0 Å². The minimum atomic E-state index is 0. The van der Waals surface area contributed by atoms with E-state index in [-0.39, 0.29) is 20.1 Å². The molecule has 0 fully saturated rings. The summed E-state index contributed by atoms with van der Waals surface area (Å²) in [6, 6.07) is 14.9. The molecule has 1 radical (unpaired) electrons. The summed E-state index contributed by atoms with van der Waals surface area (Å²) in [5.41, 5.74) is 2.88. The predicted octanol–water partition coefficient (Wildman–Crippen LogP) is 3.08. The summed E-state index contributed by atoms with van der Waals surface area (Å²) >= 11 is 0. The van der Waals surface area contributed by atoms with E-state index >= 15 is 0 Å². The fourth-order valence-electron chi connectivity index (χ4n) is 2.32. The molecule has 4 rings (SSSR count). The minimum absolute atomic E-state index is 0. The normalized spacial score (nSPS) is 12.7. The fourth-order valence-corrected chi connectivity index (χ4v) is 2.32. The van der Waals surface area contributed by atoms with Crippen LogP contribution in [0.2, 0.25) is 0 Å². The van der Waals surface area contributed by atoms with E-state index in [2.05, 4.69) is 21.0 Å². The molecule has 2 aromatic heterocycles. The van der Waals surface area contributed by atoms with Crippen molar-refractivity contribution in [2.24, 2.45) is 0 Å². The SMILES string of the molecule is [Ir].[c-]1ccccc1N1[CH-]N(c2ccncc2)c2ncncc21. The van der Waals surface area contributed by atoms with E-state index < -0.39 is 0 Å². The molecule has 1 aliphatic heterocycles. The zero-order chi connectivity index (χ0) is 14.1. The van der Waals surface area contributed by atoms with Gasteiger partial charge in [0.15, 0.2) is 0 Å². The van der Waals surface area contributed by atoms with Gasteiger partial charge < -0.3 is 9.80 Å². The maximum absolute atomic E-state index is 4.40. The van der Waals surface area contributed by atoms with E-state index in [1.807, 2.05) is 52.9 Å². The first-order chi connectivity index (χ1) is 10.4. The summed E-state index contributed by atoms with van der Waals surface area (Å²) in [6.45, 7) is 1.99. The van der Waals surface area contributed by atoms with Crippen LogP contribution in [-0.4, -0.2) is 15.0 Å². The van der Waals surface area contributed by atoms with Crippen molar-refractivity contribution in [2.45, 2.75) is 0 Å². The Bertz CT molecular complexity index is 686. The van der Waals surface area contributed by atoms with Gasteiger partial charge in [0.25, 0.3) is 0 Å². The van der Waals surface area contributed by atoms with Gasteiger partial charge in [-0.15, -0.1) is 12.4 Å². The van der Waals surface area contributed by atoms with Gasteiger partial charge in [0.1, 0.15) is 12.1 Å². The fraction of sp³-hybridized carbons (Fsp3) is 0.